The third kappa shape index (κ3) is 3.28. The molecule has 120 valence electrons. The lowest BCUT2D eigenvalue weighted by Crippen LogP contribution is -2.26. The van der Waals surface area contributed by atoms with Gasteiger partial charge in [-0.2, -0.15) is 0 Å². The first kappa shape index (κ1) is 15.7. The van der Waals surface area contributed by atoms with Crippen LogP contribution in [0.2, 0.25) is 0 Å². The first-order valence-electron chi connectivity index (χ1n) is 7.29. The molecule has 0 saturated heterocycles. The van der Waals surface area contributed by atoms with Crippen molar-refractivity contribution < 1.29 is 12.8 Å². The van der Waals surface area contributed by atoms with Gasteiger partial charge in [0.25, 0.3) is 0 Å². The number of benzene rings is 2. The molecule has 0 aliphatic carbocycles. The molecule has 0 radical (unpaired) electrons. The fraction of sp³-hybridized carbons (Fsp3) is 0.176. The van der Waals surface area contributed by atoms with Gasteiger partial charge < -0.3 is 4.98 Å². The van der Waals surface area contributed by atoms with Crippen molar-refractivity contribution in [3.63, 3.8) is 0 Å². The predicted octanol–water partition coefficient (Wildman–Crippen LogP) is 3.14. The molecule has 3 rings (SSSR count). The third-order valence-electron chi connectivity index (χ3n) is 3.82. The average molecular weight is 332 g/mol. The largest absolute Gasteiger partial charge is 0.358 e. The van der Waals surface area contributed by atoms with Crippen molar-refractivity contribution in [1.82, 2.24) is 9.71 Å². The van der Waals surface area contributed by atoms with Gasteiger partial charge in [0, 0.05) is 23.1 Å². The van der Waals surface area contributed by atoms with E-state index in [1.54, 1.807) is 0 Å². The van der Waals surface area contributed by atoms with Crippen LogP contribution >= 0.6 is 0 Å². The summed E-state index contributed by atoms with van der Waals surface area (Å²) in [7, 11) is -3.62. The number of hydrogen-bond donors (Lipinski definition) is 2. The van der Waals surface area contributed by atoms with Crippen LogP contribution in [0.15, 0.2) is 53.4 Å². The Hall–Kier alpha value is -2.18. The van der Waals surface area contributed by atoms with Crippen LogP contribution in [0.25, 0.3) is 10.9 Å². The van der Waals surface area contributed by atoms with Crippen molar-refractivity contribution in [2.75, 3.05) is 6.54 Å². The summed E-state index contributed by atoms with van der Waals surface area (Å²) >= 11 is 0. The quantitative estimate of drug-likeness (QED) is 0.754. The molecule has 0 aliphatic rings. The van der Waals surface area contributed by atoms with Crippen molar-refractivity contribution in [2.45, 2.75) is 18.2 Å². The van der Waals surface area contributed by atoms with Crippen molar-refractivity contribution in [3.8, 4) is 0 Å². The molecule has 0 spiro atoms. The highest BCUT2D eigenvalue weighted by molar-refractivity contribution is 7.89. The van der Waals surface area contributed by atoms with Crippen LogP contribution in [-0.4, -0.2) is 19.9 Å². The molecular formula is C17H17FN2O2S. The molecule has 2 aromatic carbocycles. The maximum absolute atomic E-state index is 12.9. The van der Waals surface area contributed by atoms with E-state index in [9.17, 15) is 12.8 Å². The Bertz CT molecular complexity index is 931. The number of para-hydroxylation sites is 1. The summed E-state index contributed by atoms with van der Waals surface area (Å²) in [5.41, 5.74) is 3.18. The summed E-state index contributed by atoms with van der Waals surface area (Å²) in [6.45, 7) is 2.26. The highest BCUT2D eigenvalue weighted by Crippen LogP contribution is 2.22. The van der Waals surface area contributed by atoms with Crippen molar-refractivity contribution >= 4 is 20.9 Å². The Balaban J connectivity index is 1.73. The van der Waals surface area contributed by atoms with E-state index in [4.69, 9.17) is 0 Å². The highest BCUT2D eigenvalue weighted by Gasteiger charge is 2.14. The number of aromatic nitrogens is 1. The lowest BCUT2D eigenvalue weighted by atomic mass is 10.1. The summed E-state index contributed by atoms with van der Waals surface area (Å²) in [4.78, 5) is 3.36. The minimum absolute atomic E-state index is 0.0644. The fourth-order valence-electron chi connectivity index (χ4n) is 2.66. The van der Waals surface area contributed by atoms with Gasteiger partial charge in [-0.25, -0.2) is 17.5 Å². The molecule has 4 nitrogen and oxygen atoms in total. The van der Waals surface area contributed by atoms with Crippen molar-refractivity contribution in [2.24, 2.45) is 0 Å². The standard InChI is InChI=1S/C17H17FN2O2S/c1-12-15(16-4-2-3-5-17(16)20-12)10-11-19-23(21,22)14-8-6-13(18)7-9-14/h2-9,19-20H,10-11H2,1H3. The molecule has 0 atom stereocenters. The minimum Gasteiger partial charge on any atom is -0.358 e. The molecule has 0 aliphatic heterocycles. The van der Waals surface area contributed by atoms with Gasteiger partial charge in [-0.15, -0.1) is 0 Å². The van der Waals surface area contributed by atoms with E-state index >= 15 is 0 Å². The lowest BCUT2D eigenvalue weighted by molar-refractivity contribution is 0.580. The first-order valence-corrected chi connectivity index (χ1v) is 8.77. The molecule has 1 aromatic heterocycles. The van der Waals surface area contributed by atoms with E-state index in [-0.39, 0.29) is 11.4 Å². The number of nitrogens with one attached hydrogen (secondary N) is 2. The van der Waals surface area contributed by atoms with Crippen LogP contribution in [-0.2, 0) is 16.4 Å². The Kier molecular flexibility index (Phi) is 4.19. The normalized spacial score (nSPS) is 11.9. The van der Waals surface area contributed by atoms with Gasteiger partial charge in [-0.3, -0.25) is 0 Å². The van der Waals surface area contributed by atoms with E-state index in [2.05, 4.69) is 9.71 Å². The number of halogens is 1. The summed E-state index contributed by atoms with van der Waals surface area (Å²) in [6, 6.07) is 12.7. The zero-order valence-electron chi connectivity index (χ0n) is 12.6. The number of fused-ring (bicyclic) bond motifs is 1. The molecule has 6 heteroatoms. The number of sulfonamides is 1. The van der Waals surface area contributed by atoms with Crippen molar-refractivity contribution in [1.29, 1.82) is 0 Å². The second-order valence-corrected chi connectivity index (χ2v) is 7.14. The number of aryl methyl sites for hydroxylation is 1. The topological polar surface area (TPSA) is 62.0 Å². The number of aromatic amines is 1. The zero-order valence-corrected chi connectivity index (χ0v) is 13.5. The van der Waals surface area contributed by atoms with E-state index in [0.29, 0.717) is 6.42 Å². The number of hydrogen-bond acceptors (Lipinski definition) is 2. The maximum atomic E-state index is 12.9. The Morgan fingerprint density at radius 3 is 2.52 bits per heavy atom. The van der Waals surface area contributed by atoms with E-state index in [0.717, 1.165) is 34.3 Å². The number of H-pyrrole nitrogens is 1. The first-order chi connectivity index (χ1) is 11.0. The van der Waals surface area contributed by atoms with Gasteiger partial charge in [-0.05, 0) is 49.2 Å². The summed E-state index contributed by atoms with van der Waals surface area (Å²) in [5, 5.41) is 1.10. The summed E-state index contributed by atoms with van der Waals surface area (Å²) < 4.78 is 39.8. The molecule has 0 saturated carbocycles. The molecule has 0 bridgehead atoms. The van der Waals surface area contributed by atoms with Gasteiger partial charge in [0.05, 0.1) is 4.90 Å². The van der Waals surface area contributed by atoms with Crippen LogP contribution < -0.4 is 4.72 Å². The van der Waals surface area contributed by atoms with Gasteiger partial charge in [0.1, 0.15) is 5.82 Å². The Labute approximate surface area is 134 Å². The Morgan fingerprint density at radius 2 is 1.78 bits per heavy atom. The van der Waals surface area contributed by atoms with Gasteiger partial charge in [-0.1, -0.05) is 18.2 Å². The molecule has 1 heterocycles. The highest BCUT2D eigenvalue weighted by atomic mass is 32.2. The summed E-state index contributed by atoms with van der Waals surface area (Å²) in [6.07, 6.45) is 0.580. The molecule has 2 N–H and O–H groups in total. The van der Waals surface area contributed by atoms with E-state index in [1.807, 2.05) is 31.2 Å². The molecule has 0 amide bonds. The minimum atomic E-state index is -3.62. The molecule has 0 unspecified atom stereocenters. The SMILES string of the molecule is Cc1[nH]c2ccccc2c1CCNS(=O)(=O)c1ccc(F)cc1. The second-order valence-electron chi connectivity index (χ2n) is 5.38. The van der Waals surface area contributed by atoms with Crippen LogP contribution in [0.5, 0.6) is 0 Å². The van der Waals surface area contributed by atoms with Crippen LogP contribution in [0.1, 0.15) is 11.3 Å². The monoisotopic (exact) mass is 332 g/mol. The zero-order chi connectivity index (χ0) is 16.4. The third-order valence-corrected chi connectivity index (χ3v) is 5.29. The van der Waals surface area contributed by atoms with Crippen LogP contribution in [0.3, 0.4) is 0 Å². The molecular weight excluding hydrogens is 315 g/mol. The fourth-order valence-corrected chi connectivity index (χ4v) is 3.70. The van der Waals surface area contributed by atoms with E-state index < -0.39 is 15.8 Å². The van der Waals surface area contributed by atoms with Crippen LogP contribution in [0.4, 0.5) is 4.39 Å². The van der Waals surface area contributed by atoms with E-state index in [1.165, 1.54) is 12.1 Å². The van der Waals surface area contributed by atoms with Crippen molar-refractivity contribution in [3.05, 3.63) is 65.6 Å². The Morgan fingerprint density at radius 1 is 1.09 bits per heavy atom. The molecule has 23 heavy (non-hydrogen) atoms. The van der Waals surface area contributed by atoms with Gasteiger partial charge >= 0.3 is 0 Å². The molecule has 3 aromatic rings. The summed E-state index contributed by atoms with van der Waals surface area (Å²) in [5.74, 6) is -0.460. The average Bonchev–Trinajstić information content (AvgIpc) is 2.84. The smallest absolute Gasteiger partial charge is 0.240 e. The number of rotatable bonds is 5. The maximum Gasteiger partial charge on any atom is 0.240 e. The van der Waals surface area contributed by atoms with Gasteiger partial charge in [0.2, 0.25) is 10.0 Å². The van der Waals surface area contributed by atoms with Crippen LogP contribution in [0, 0.1) is 12.7 Å². The van der Waals surface area contributed by atoms with Gasteiger partial charge in [0.15, 0.2) is 0 Å². The predicted molar refractivity (Wildman–Crippen MR) is 88.3 cm³/mol. The molecule has 0 fully saturated rings. The second kappa shape index (κ2) is 6.14. The lowest BCUT2D eigenvalue weighted by Gasteiger charge is -2.07.